The van der Waals surface area contributed by atoms with E-state index in [1.54, 1.807) is 13.2 Å². The van der Waals surface area contributed by atoms with Gasteiger partial charge in [-0.1, -0.05) is 24.4 Å². The molecule has 0 unspecified atom stereocenters. The first-order valence-electron chi connectivity index (χ1n) is 7.19. The third-order valence-corrected chi connectivity index (χ3v) is 4.87. The highest BCUT2D eigenvalue weighted by Gasteiger charge is 2.40. The fourth-order valence-electron chi connectivity index (χ4n) is 3.37. The molecule has 0 radical (unpaired) electrons. The van der Waals surface area contributed by atoms with Gasteiger partial charge in [-0.05, 0) is 48.9 Å². The molecule has 0 saturated heterocycles. The number of halogens is 1. The fraction of sp³-hybridized carbons (Fsp3) is 0.625. The van der Waals surface area contributed by atoms with Crippen molar-refractivity contribution in [3.63, 3.8) is 0 Å². The Balaban J connectivity index is 2.29. The van der Waals surface area contributed by atoms with Crippen LogP contribution in [-0.2, 0) is 6.42 Å². The first kappa shape index (κ1) is 15.6. The minimum absolute atomic E-state index is 0.0101. The lowest BCUT2D eigenvalue weighted by Gasteiger charge is -2.36. The van der Waals surface area contributed by atoms with Crippen molar-refractivity contribution >= 4 is 11.6 Å². The number of aliphatic hydroxyl groups excluding tert-OH is 2. The maximum Gasteiger partial charge on any atom is 0.122 e. The van der Waals surface area contributed by atoms with Gasteiger partial charge in [0.15, 0.2) is 0 Å². The van der Waals surface area contributed by atoms with E-state index in [-0.39, 0.29) is 13.2 Å². The van der Waals surface area contributed by atoms with E-state index < -0.39 is 5.41 Å². The molecule has 2 N–H and O–H groups in total. The average Bonchev–Trinajstić information content (AvgIpc) is 3.00. The summed E-state index contributed by atoms with van der Waals surface area (Å²) in [4.78, 5) is 0. The van der Waals surface area contributed by atoms with Crippen LogP contribution in [0.4, 0.5) is 0 Å². The Morgan fingerprint density at radius 2 is 1.90 bits per heavy atom. The number of benzene rings is 1. The standard InChI is InChI=1S/C16H23ClO3/c1-20-15-7-6-14(17)8-12(15)9-16(10-18,11-19)13-4-2-3-5-13/h6-8,13,18-19H,2-5,9-11H2,1H3. The van der Waals surface area contributed by atoms with Gasteiger partial charge in [0.25, 0.3) is 0 Å². The van der Waals surface area contributed by atoms with Crippen LogP contribution in [0.2, 0.25) is 5.02 Å². The van der Waals surface area contributed by atoms with Gasteiger partial charge in [0.2, 0.25) is 0 Å². The van der Waals surface area contributed by atoms with E-state index in [4.69, 9.17) is 16.3 Å². The molecule has 0 spiro atoms. The summed E-state index contributed by atoms with van der Waals surface area (Å²) in [6.07, 6.45) is 5.10. The van der Waals surface area contributed by atoms with Gasteiger partial charge in [-0.3, -0.25) is 0 Å². The molecule has 2 rings (SSSR count). The van der Waals surface area contributed by atoms with Gasteiger partial charge >= 0.3 is 0 Å². The minimum Gasteiger partial charge on any atom is -0.496 e. The lowest BCUT2D eigenvalue weighted by molar-refractivity contribution is 0.00534. The second-order valence-electron chi connectivity index (χ2n) is 5.79. The van der Waals surface area contributed by atoms with Crippen molar-refractivity contribution in [3.05, 3.63) is 28.8 Å². The summed E-state index contributed by atoms with van der Waals surface area (Å²) < 4.78 is 5.38. The molecular weight excluding hydrogens is 276 g/mol. The van der Waals surface area contributed by atoms with E-state index in [1.807, 2.05) is 12.1 Å². The van der Waals surface area contributed by atoms with Crippen molar-refractivity contribution in [3.8, 4) is 5.75 Å². The smallest absolute Gasteiger partial charge is 0.122 e. The lowest BCUT2D eigenvalue weighted by atomic mass is 9.71. The van der Waals surface area contributed by atoms with Crippen molar-refractivity contribution in [1.29, 1.82) is 0 Å². The number of hydrogen-bond donors (Lipinski definition) is 2. The van der Waals surface area contributed by atoms with Crippen LogP contribution in [0.5, 0.6) is 5.75 Å². The molecule has 1 aromatic carbocycles. The van der Waals surface area contributed by atoms with Crippen molar-refractivity contribution in [2.75, 3.05) is 20.3 Å². The lowest BCUT2D eigenvalue weighted by Crippen LogP contribution is -2.39. The average molecular weight is 299 g/mol. The number of hydrogen-bond acceptors (Lipinski definition) is 3. The largest absolute Gasteiger partial charge is 0.496 e. The number of rotatable bonds is 6. The normalized spacial score (nSPS) is 16.6. The third-order valence-electron chi connectivity index (χ3n) is 4.64. The zero-order valence-corrected chi connectivity index (χ0v) is 12.7. The van der Waals surface area contributed by atoms with E-state index in [0.717, 1.165) is 24.2 Å². The molecule has 0 amide bonds. The van der Waals surface area contributed by atoms with E-state index in [9.17, 15) is 10.2 Å². The first-order chi connectivity index (χ1) is 9.65. The molecule has 1 fully saturated rings. The van der Waals surface area contributed by atoms with E-state index in [2.05, 4.69) is 0 Å². The molecule has 1 aliphatic carbocycles. The number of ether oxygens (including phenoxy) is 1. The second-order valence-corrected chi connectivity index (χ2v) is 6.23. The van der Waals surface area contributed by atoms with Gasteiger partial charge in [-0.25, -0.2) is 0 Å². The molecule has 0 bridgehead atoms. The summed E-state index contributed by atoms with van der Waals surface area (Å²) in [6.45, 7) is -0.0202. The first-order valence-corrected chi connectivity index (χ1v) is 7.57. The molecule has 112 valence electrons. The molecule has 0 atom stereocenters. The predicted octanol–water partition coefficient (Wildman–Crippen LogP) is 3.05. The summed E-state index contributed by atoms with van der Waals surface area (Å²) in [7, 11) is 1.63. The van der Waals surface area contributed by atoms with Crippen LogP contribution in [0.3, 0.4) is 0 Å². The Labute approximate surface area is 125 Å². The van der Waals surface area contributed by atoms with E-state index >= 15 is 0 Å². The van der Waals surface area contributed by atoms with Crippen LogP contribution in [0.25, 0.3) is 0 Å². The Morgan fingerprint density at radius 3 is 2.45 bits per heavy atom. The summed E-state index contributed by atoms with van der Waals surface area (Å²) in [5.41, 5.74) is 0.476. The monoisotopic (exact) mass is 298 g/mol. The van der Waals surface area contributed by atoms with E-state index in [0.29, 0.717) is 17.4 Å². The summed E-state index contributed by atoms with van der Waals surface area (Å²) in [5, 5.41) is 20.4. The summed E-state index contributed by atoms with van der Waals surface area (Å²) in [6, 6.07) is 5.50. The zero-order valence-electron chi connectivity index (χ0n) is 11.9. The van der Waals surface area contributed by atoms with Gasteiger partial charge in [-0.15, -0.1) is 0 Å². The van der Waals surface area contributed by atoms with Gasteiger partial charge in [0.05, 0.1) is 20.3 Å². The molecule has 0 heterocycles. The minimum atomic E-state index is -0.478. The van der Waals surface area contributed by atoms with Gasteiger partial charge in [0.1, 0.15) is 5.75 Å². The van der Waals surface area contributed by atoms with Crippen LogP contribution in [0, 0.1) is 11.3 Å². The maximum absolute atomic E-state index is 9.90. The predicted molar refractivity (Wildman–Crippen MR) is 80.3 cm³/mol. The fourth-order valence-corrected chi connectivity index (χ4v) is 3.56. The Kier molecular flexibility index (Phi) is 5.30. The third kappa shape index (κ3) is 3.11. The topological polar surface area (TPSA) is 49.7 Å². The molecule has 0 aromatic heterocycles. The quantitative estimate of drug-likeness (QED) is 0.848. The van der Waals surface area contributed by atoms with E-state index in [1.165, 1.54) is 12.8 Å². The zero-order chi connectivity index (χ0) is 14.6. The Bertz CT molecular complexity index is 437. The number of methoxy groups -OCH3 is 1. The van der Waals surface area contributed by atoms with Crippen LogP contribution >= 0.6 is 11.6 Å². The Hall–Kier alpha value is -0.770. The molecule has 1 saturated carbocycles. The molecule has 20 heavy (non-hydrogen) atoms. The molecule has 1 aromatic rings. The van der Waals surface area contributed by atoms with Crippen LogP contribution in [0.1, 0.15) is 31.2 Å². The van der Waals surface area contributed by atoms with Gasteiger partial charge < -0.3 is 14.9 Å². The molecule has 4 heteroatoms. The second kappa shape index (κ2) is 6.79. The summed E-state index contributed by atoms with van der Waals surface area (Å²) >= 11 is 6.07. The van der Waals surface area contributed by atoms with Crippen molar-refractivity contribution in [2.45, 2.75) is 32.1 Å². The Morgan fingerprint density at radius 1 is 1.25 bits per heavy atom. The van der Waals surface area contributed by atoms with Crippen molar-refractivity contribution in [1.82, 2.24) is 0 Å². The highest BCUT2D eigenvalue weighted by molar-refractivity contribution is 6.30. The molecular formula is C16H23ClO3. The highest BCUT2D eigenvalue weighted by Crippen LogP contribution is 2.43. The molecule has 1 aliphatic rings. The molecule has 3 nitrogen and oxygen atoms in total. The maximum atomic E-state index is 9.90. The highest BCUT2D eigenvalue weighted by atomic mass is 35.5. The number of aliphatic hydroxyl groups is 2. The summed E-state index contributed by atoms with van der Waals surface area (Å²) in [5.74, 6) is 1.12. The van der Waals surface area contributed by atoms with Crippen LogP contribution in [-0.4, -0.2) is 30.5 Å². The SMILES string of the molecule is COc1ccc(Cl)cc1CC(CO)(CO)C1CCCC1. The van der Waals surface area contributed by atoms with Gasteiger partial charge in [0, 0.05) is 10.4 Å². The van der Waals surface area contributed by atoms with Crippen LogP contribution in [0.15, 0.2) is 18.2 Å². The van der Waals surface area contributed by atoms with Crippen molar-refractivity contribution < 1.29 is 14.9 Å². The van der Waals surface area contributed by atoms with Crippen molar-refractivity contribution in [2.24, 2.45) is 11.3 Å². The van der Waals surface area contributed by atoms with Crippen LogP contribution < -0.4 is 4.74 Å². The molecule has 0 aliphatic heterocycles. The van der Waals surface area contributed by atoms with Gasteiger partial charge in [-0.2, -0.15) is 0 Å².